The predicted molar refractivity (Wildman–Crippen MR) is 111 cm³/mol. The van der Waals surface area contributed by atoms with Gasteiger partial charge < -0.3 is 9.80 Å². The molecule has 0 N–H and O–H groups in total. The molecule has 0 spiro atoms. The number of carbonyl (C=O) groups is 2. The van der Waals surface area contributed by atoms with Crippen molar-refractivity contribution >= 4 is 34.8 Å². The molecule has 30 heavy (non-hydrogen) atoms. The standard InChI is InChI=1S/C21H16ClF2N3O2S/c22-15-3-1-2-13(10-15)19-25-18(12-30-19)21(29)27-8-6-26(7-9-27)20(28)14-4-5-16(23)17(24)11-14/h1-5,10-12H,6-9H2. The number of hydrogen-bond donors (Lipinski definition) is 0. The van der Waals surface area contributed by atoms with E-state index in [1.54, 1.807) is 22.4 Å². The summed E-state index contributed by atoms with van der Waals surface area (Å²) in [6.45, 7) is 1.26. The van der Waals surface area contributed by atoms with Crippen molar-refractivity contribution in [2.24, 2.45) is 0 Å². The Kier molecular flexibility index (Phi) is 5.78. The van der Waals surface area contributed by atoms with Crippen molar-refractivity contribution in [1.82, 2.24) is 14.8 Å². The van der Waals surface area contributed by atoms with Gasteiger partial charge in [0.2, 0.25) is 0 Å². The molecule has 2 amide bonds. The third-order valence-corrected chi connectivity index (χ3v) is 5.94. The second-order valence-corrected chi connectivity index (χ2v) is 8.06. The maximum Gasteiger partial charge on any atom is 0.273 e. The Labute approximate surface area is 180 Å². The summed E-state index contributed by atoms with van der Waals surface area (Å²) >= 11 is 7.38. The fourth-order valence-electron chi connectivity index (χ4n) is 3.21. The van der Waals surface area contributed by atoms with Crippen LogP contribution in [0.3, 0.4) is 0 Å². The van der Waals surface area contributed by atoms with Crippen molar-refractivity contribution in [1.29, 1.82) is 0 Å². The second-order valence-electron chi connectivity index (χ2n) is 6.76. The molecule has 0 atom stereocenters. The largest absolute Gasteiger partial charge is 0.335 e. The summed E-state index contributed by atoms with van der Waals surface area (Å²) in [5.41, 5.74) is 1.27. The van der Waals surface area contributed by atoms with Gasteiger partial charge in [-0.3, -0.25) is 9.59 Å². The number of hydrogen-bond acceptors (Lipinski definition) is 4. The highest BCUT2D eigenvalue weighted by Crippen LogP contribution is 2.26. The lowest BCUT2D eigenvalue weighted by atomic mass is 10.1. The van der Waals surface area contributed by atoms with Gasteiger partial charge >= 0.3 is 0 Å². The number of amides is 2. The number of piperazine rings is 1. The summed E-state index contributed by atoms with van der Waals surface area (Å²) < 4.78 is 26.5. The number of halogens is 3. The van der Waals surface area contributed by atoms with E-state index in [4.69, 9.17) is 11.6 Å². The van der Waals surface area contributed by atoms with E-state index < -0.39 is 17.5 Å². The molecule has 3 aromatic rings. The highest BCUT2D eigenvalue weighted by molar-refractivity contribution is 7.13. The fourth-order valence-corrected chi connectivity index (χ4v) is 4.19. The molecule has 0 aliphatic carbocycles. The maximum atomic E-state index is 13.4. The summed E-state index contributed by atoms with van der Waals surface area (Å²) in [6, 6.07) is 10.3. The van der Waals surface area contributed by atoms with E-state index in [1.165, 1.54) is 22.3 Å². The van der Waals surface area contributed by atoms with Crippen LogP contribution in [0, 0.1) is 11.6 Å². The van der Waals surface area contributed by atoms with E-state index in [9.17, 15) is 18.4 Å². The summed E-state index contributed by atoms with van der Waals surface area (Å²) in [5.74, 6) is -2.66. The summed E-state index contributed by atoms with van der Waals surface area (Å²) in [5, 5.41) is 3.00. The average Bonchev–Trinajstić information content (AvgIpc) is 3.25. The van der Waals surface area contributed by atoms with Crippen molar-refractivity contribution in [3.63, 3.8) is 0 Å². The van der Waals surface area contributed by atoms with Crippen molar-refractivity contribution in [2.75, 3.05) is 26.2 Å². The molecule has 2 aromatic carbocycles. The first kappa shape index (κ1) is 20.4. The first-order chi connectivity index (χ1) is 14.4. The topological polar surface area (TPSA) is 53.5 Å². The van der Waals surface area contributed by atoms with E-state index in [2.05, 4.69) is 4.98 Å². The minimum atomic E-state index is -1.06. The lowest BCUT2D eigenvalue weighted by Crippen LogP contribution is -2.50. The van der Waals surface area contributed by atoms with Gasteiger partial charge in [-0.2, -0.15) is 0 Å². The molecule has 154 valence electrons. The van der Waals surface area contributed by atoms with Crippen LogP contribution in [0.1, 0.15) is 20.8 Å². The zero-order valence-electron chi connectivity index (χ0n) is 15.6. The monoisotopic (exact) mass is 447 g/mol. The lowest BCUT2D eigenvalue weighted by molar-refractivity contribution is 0.0532. The van der Waals surface area contributed by atoms with E-state index in [-0.39, 0.29) is 11.5 Å². The Hall–Kier alpha value is -2.84. The van der Waals surface area contributed by atoms with Crippen LogP contribution in [0.15, 0.2) is 47.8 Å². The number of thiazole rings is 1. The van der Waals surface area contributed by atoms with E-state index in [0.717, 1.165) is 17.7 Å². The van der Waals surface area contributed by atoms with Gasteiger partial charge in [0.25, 0.3) is 11.8 Å². The van der Waals surface area contributed by atoms with Gasteiger partial charge in [-0.1, -0.05) is 23.7 Å². The minimum absolute atomic E-state index is 0.0827. The predicted octanol–water partition coefficient (Wildman–Crippen LogP) is 4.34. The quantitative estimate of drug-likeness (QED) is 0.600. The molecule has 1 aliphatic heterocycles. The van der Waals surface area contributed by atoms with Crippen LogP contribution >= 0.6 is 22.9 Å². The molecular formula is C21H16ClF2N3O2S. The Morgan fingerprint density at radius 3 is 2.30 bits per heavy atom. The van der Waals surface area contributed by atoms with Crippen molar-refractivity contribution < 1.29 is 18.4 Å². The molecule has 1 saturated heterocycles. The van der Waals surface area contributed by atoms with Gasteiger partial charge in [0.1, 0.15) is 10.7 Å². The molecule has 2 heterocycles. The van der Waals surface area contributed by atoms with E-state index >= 15 is 0 Å². The zero-order chi connectivity index (χ0) is 21.3. The van der Waals surface area contributed by atoms with Gasteiger partial charge in [0.05, 0.1) is 0 Å². The number of benzene rings is 2. The first-order valence-corrected chi connectivity index (χ1v) is 10.4. The SMILES string of the molecule is O=C(c1ccc(F)c(F)c1)N1CCN(C(=O)c2csc(-c3cccc(Cl)c3)n2)CC1. The average molecular weight is 448 g/mol. The molecule has 0 bridgehead atoms. The molecule has 0 radical (unpaired) electrons. The Bertz CT molecular complexity index is 1110. The molecule has 1 fully saturated rings. The third-order valence-electron chi connectivity index (χ3n) is 4.82. The Balaban J connectivity index is 1.40. The van der Waals surface area contributed by atoms with Crippen LogP contribution < -0.4 is 0 Å². The molecule has 9 heteroatoms. The second kappa shape index (κ2) is 8.49. The molecule has 4 rings (SSSR count). The van der Waals surface area contributed by atoms with Gasteiger partial charge in [0, 0.05) is 47.7 Å². The van der Waals surface area contributed by atoms with E-state index in [1.807, 2.05) is 12.1 Å². The summed E-state index contributed by atoms with van der Waals surface area (Å²) in [7, 11) is 0. The van der Waals surface area contributed by atoms with Gasteiger partial charge in [0.15, 0.2) is 11.6 Å². The van der Waals surface area contributed by atoms with Crippen LogP contribution in [0.5, 0.6) is 0 Å². The van der Waals surface area contributed by atoms with Crippen LogP contribution in [0.2, 0.25) is 5.02 Å². The molecule has 0 unspecified atom stereocenters. The number of carbonyl (C=O) groups excluding carboxylic acids is 2. The van der Waals surface area contributed by atoms with Crippen LogP contribution in [-0.4, -0.2) is 52.8 Å². The first-order valence-electron chi connectivity index (χ1n) is 9.17. The smallest absolute Gasteiger partial charge is 0.273 e. The van der Waals surface area contributed by atoms with Crippen LogP contribution in [-0.2, 0) is 0 Å². The third kappa shape index (κ3) is 4.20. The summed E-state index contributed by atoms with van der Waals surface area (Å²) in [6.07, 6.45) is 0. The van der Waals surface area contributed by atoms with Crippen molar-refractivity contribution in [2.45, 2.75) is 0 Å². The molecule has 1 aliphatic rings. The lowest BCUT2D eigenvalue weighted by Gasteiger charge is -2.34. The van der Waals surface area contributed by atoms with Crippen LogP contribution in [0.4, 0.5) is 8.78 Å². The Morgan fingerprint density at radius 2 is 1.63 bits per heavy atom. The maximum absolute atomic E-state index is 13.4. The Morgan fingerprint density at radius 1 is 0.933 bits per heavy atom. The highest BCUT2D eigenvalue weighted by Gasteiger charge is 2.27. The normalized spacial score (nSPS) is 14.1. The van der Waals surface area contributed by atoms with Crippen molar-refractivity contribution in [3.8, 4) is 10.6 Å². The molecule has 5 nitrogen and oxygen atoms in total. The zero-order valence-corrected chi connectivity index (χ0v) is 17.2. The fraction of sp³-hybridized carbons (Fsp3) is 0.190. The molecule has 1 aromatic heterocycles. The van der Waals surface area contributed by atoms with Gasteiger partial charge in [-0.25, -0.2) is 13.8 Å². The minimum Gasteiger partial charge on any atom is -0.335 e. The number of rotatable bonds is 3. The molecule has 0 saturated carbocycles. The number of nitrogens with zero attached hydrogens (tertiary/aromatic N) is 3. The van der Waals surface area contributed by atoms with Gasteiger partial charge in [-0.15, -0.1) is 11.3 Å². The molecular weight excluding hydrogens is 432 g/mol. The van der Waals surface area contributed by atoms with E-state index in [0.29, 0.717) is 41.9 Å². The van der Waals surface area contributed by atoms with Crippen molar-refractivity contribution in [3.05, 3.63) is 75.8 Å². The number of aromatic nitrogens is 1. The van der Waals surface area contributed by atoms with Crippen LogP contribution in [0.25, 0.3) is 10.6 Å². The summed E-state index contributed by atoms with van der Waals surface area (Å²) in [4.78, 5) is 32.9. The van der Waals surface area contributed by atoms with Gasteiger partial charge in [-0.05, 0) is 30.3 Å². The highest BCUT2D eigenvalue weighted by atomic mass is 35.5.